The minimum Gasteiger partial charge on any atom is -0.379 e. The number of urea groups is 1. The van der Waals surface area contributed by atoms with E-state index in [0.717, 1.165) is 44.0 Å². The third kappa shape index (κ3) is 5.00. The summed E-state index contributed by atoms with van der Waals surface area (Å²) in [4.78, 5) is 40.6. The number of benzene rings is 3. The third-order valence-electron chi connectivity index (χ3n) is 7.55. The molecule has 4 heterocycles. The monoisotopic (exact) mass is 576 g/mol. The molecule has 0 spiro atoms. The zero-order valence-corrected chi connectivity index (χ0v) is 23.8. The molecule has 3 aromatic carbocycles. The Kier molecular flexibility index (Phi) is 6.87. The molecule has 2 N–H and O–H groups in total. The molecule has 0 atom stereocenters. The predicted molar refractivity (Wildman–Crippen MR) is 166 cm³/mol. The quantitative estimate of drug-likeness (QED) is 0.242. The van der Waals surface area contributed by atoms with E-state index in [1.807, 2.05) is 48.5 Å². The van der Waals surface area contributed by atoms with Gasteiger partial charge < -0.3 is 15.4 Å². The van der Waals surface area contributed by atoms with Crippen molar-refractivity contribution in [1.29, 1.82) is 0 Å². The summed E-state index contributed by atoms with van der Waals surface area (Å²) in [5.41, 5.74) is 6.30. The lowest BCUT2D eigenvalue weighted by molar-refractivity contribution is 0.0342. The first kappa shape index (κ1) is 26.3. The number of hydrogen-bond donors (Lipinski definition) is 2. The van der Waals surface area contributed by atoms with Gasteiger partial charge in [-0.05, 0) is 47.9 Å². The van der Waals surface area contributed by atoms with Crippen LogP contribution in [0.4, 0.5) is 27.7 Å². The Hall–Kier alpha value is -4.64. The molecule has 2 aromatic heterocycles. The number of carbonyl (C=O) groups is 2. The third-order valence-corrected chi connectivity index (χ3v) is 8.65. The average Bonchev–Trinajstić information content (AvgIpc) is 3.39. The SMILES string of the molecule is Cc1ccc(-c2ccc(N3C(=O)Nc4c(C(=O)Nc5ccc(CN6CCOCC6)cc5)sc5ncnc3c45)cc2)cc1. The number of aryl methyl sites for hydroxylation is 1. The van der Waals surface area contributed by atoms with Gasteiger partial charge in [-0.2, -0.15) is 0 Å². The largest absolute Gasteiger partial charge is 0.379 e. The van der Waals surface area contributed by atoms with Crippen molar-refractivity contribution in [1.82, 2.24) is 14.9 Å². The summed E-state index contributed by atoms with van der Waals surface area (Å²) in [7, 11) is 0. The summed E-state index contributed by atoms with van der Waals surface area (Å²) in [6.07, 6.45) is 1.43. The van der Waals surface area contributed by atoms with Crippen LogP contribution >= 0.6 is 11.3 Å². The predicted octanol–water partition coefficient (Wildman–Crippen LogP) is 6.43. The number of rotatable bonds is 6. The van der Waals surface area contributed by atoms with Gasteiger partial charge in [0.05, 0.1) is 30.0 Å². The summed E-state index contributed by atoms with van der Waals surface area (Å²) >= 11 is 1.23. The number of hydrogen-bond acceptors (Lipinski definition) is 7. The van der Waals surface area contributed by atoms with E-state index in [1.165, 1.54) is 33.7 Å². The van der Waals surface area contributed by atoms with E-state index in [0.29, 0.717) is 38.0 Å². The molecule has 10 heteroatoms. The van der Waals surface area contributed by atoms with Gasteiger partial charge in [0, 0.05) is 25.3 Å². The molecule has 0 bridgehead atoms. The minimum absolute atomic E-state index is 0.309. The summed E-state index contributed by atoms with van der Waals surface area (Å²) in [5, 5.41) is 6.56. The fourth-order valence-electron chi connectivity index (χ4n) is 5.31. The maximum absolute atomic E-state index is 13.4. The number of morpholine rings is 1. The molecular formula is C32H28N6O3S. The van der Waals surface area contributed by atoms with Gasteiger partial charge in [-0.25, -0.2) is 19.7 Å². The Bertz CT molecular complexity index is 1780. The average molecular weight is 577 g/mol. The molecule has 0 unspecified atom stereocenters. The molecule has 210 valence electrons. The van der Waals surface area contributed by atoms with Gasteiger partial charge in [0.15, 0.2) is 5.82 Å². The molecule has 5 aromatic rings. The Morgan fingerprint density at radius 1 is 0.952 bits per heavy atom. The van der Waals surface area contributed by atoms with Crippen LogP contribution in [0.15, 0.2) is 79.1 Å². The number of nitrogens with zero attached hydrogens (tertiary/aromatic N) is 4. The molecule has 9 nitrogen and oxygen atoms in total. The summed E-state index contributed by atoms with van der Waals surface area (Å²) in [6.45, 7) is 6.25. The number of anilines is 4. The summed E-state index contributed by atoms with van der Waals surface area (Å²) < 4.78 is 5.43. The number of nitrogens with one attached hydrogen (secondary N) is 2. The van der Waals surface area contributed by atoms with Crippen LogP contribution in [0.3, 0.4) is 0 Å². The lowest BCUT2D eigenvalue weighted by atomic mass is 10.0. The highest BCUT2D eigenvalue weighted by atomic mass is 32.1. The zero-order chi connectivity index (χ0) is 28.6. The smallest absolute Gasteiger partial charge is 0.332 e. The van der Waals surface area contributed by atoms with Crippen molar-refractivity contribution in [3.8, 4) is 11.1 Å². The van der Waals surface area contributed by atoms with Gasteiger partial charge >= 0.3 is 6.03 Å². The van der Waals surface area contributed by atoms with Gasteiger partial charge in [0.2, 0.25) is 0 Å². The van der Waals surface area contributed by atoms with Gasteiger partial charge in [-0.1, -0.05) is 54.1 Å². The Morgan fingerprint density at radius 3 is 2.36 bits per heavy atom. The number of aromatic nitrogens is 2. The molecular weight excluding hydrogens is 548 g/mol. The van der Waals surface area contributed by atoms with Crippen LogP contribution < -0.4 is 15.5 Å². The molecule has 0 radical (unpaired) electrons. The first-order valence-corrected chi connectivity index (χ1v) is 14.6. The van der Waals surface area contributed by atoms with Crippen molar-refractivity contribution in [3.05, 3.63) is 95.1 Å². The van der Waals surface area contributed by atoms with Crippen LogP contribution in [0.25, 0.3) is 21.3 Å². The van der Waals surface area contributed by atoms with E-state index >= 15 is 0 Å². The molecule has 7 rings (SSSR count). The molecule has 2 aliphatic heterocycles. The van der Waals surface area contributed by atoms with Crippen molar-refractivity contribution in [2.24, 2.45) is 0 Å². The molecule has 42 heavy (non-hydrogen) atoms. The maximum Gasteiger partial charge on any atom is 0.332 e. The fraction of sp³-hybridized carbons (Fsp3) is 0.188. The molecule has 0 saturated carbocycles. The Balaban J connectivity index is 1.13. The van der Waals surface area contributed by atoms with Gasteiger partial charge in [0.1, 0.15) is 16.0 Å². The second-order valence-corrected chi connectivity index (χ2v) is 11.4. The second kappa shape index (κ2) is 11.0. The molecule has 2 aliphatic rings. The normalized spacial score (nSPS) is 15.1. The molecule has 0 aliphatic carbocycles. The lowest BCUT2D eigenvalue weighted by Gasteiger charge is -2.27. The van der Waals surface area contributed by atoms with Crippen molar-refractivity contribution in [3.63, 3.8) is 0 Å². The fourth-order valence-corrected chi connectivity index (χ4v) is 6.30. The highest BCUT2D eigenvalue weighted by Gasteiger charge is 2.33. The zero-order valence-electron chi connectivity index (χ0n) is 23.0. The second-order valence-electron chi connectivity index (χ2n) is 10.4. The Labute approximate surface area is 246 Å². The first-order chi connectivity index (χ1) is 20.5. The van der Waals surface area contributed by atoms with E-state index in [1.54, 1.807) is 0 Å². The van der Waals surface area contributed by atoms with E-state index in [-0.39, 0.29) is 11.9 Å². The maximum atomic E-state index is 13.4. The Morgan fingerprint density at radius 2 is 1.64 bits per heavy atom. The standard InChI is InChI=1S/C32H28N6O3S/c1-20-2-6-22(7-3-20)23-8-12-25(13-9-23)38-29-26-27(36-32(38)40)28(42-31(26)34-19-33-29)30(39)35-24-10-4-21(5-11-24)18-37-14-16-41-17-15-37/h2-13,19H,14-18H2,1H3,(H,35,39)(H,36,40). The number of thiophene rings is 1. The number of carbonyl (C=O) groups excluding carboxylic acids is 2. The number of ether oxygens (including phenoxy) is 1. The van der Waals surface area contributed by atoms with Crippen molar-refractivity contribution >= 4 is 56.4 Å². The summed E-state index contributed by atoms with van der Waals surface area (Å²) in [5.74, 6) is 0.140. The lowest BCUT2D eigenvalue weighted by Crippen LogP contribution is -2.35. The highest BCUT2D eigenvalue weighted by molar-refractivity contribution is 7.21. The molecule has 3 amide bonds. The van der Waals surface area contributed by atoms with Crippen LogP contribution in [0.5, 0.6) is 0 Å². The van der Waals surface area contributed by atoms with Crippen LogP contribution in [-0.4, -0.2) is 53.1 Å². The van der Waals surface area contributed by atoms with Crippen molar-refractivity contribution < 1.29 is 14.3 Å². The van der Waals surface area contributed by atoms with E-state index in [2.05, 4.69) is 56.7 Å². The first-order valence-electron chi connectivity index (χ1n) is 13.8. The van der Waals surface area contributed by atoms with Gasteiger partial charge in [-0.15, -0.1) is 11.3 Å². The molecule has 1 saturated heterocycles. The van der Waals surface area contributed by atoms with Gasteiger partial charge in [-0.3, -0.25) is 9.69 Å². The van der Waals surface area contributed by atoms with Gasteiger partial charge in [0.25, 0.3) is 5.91 Å². The summed E-state index contributed by atoms with van der Waals surface area (Å²) in [6, 6.07) is 23.5. The van der Waals surface area contributed by atoms with Crippen LogP contribution in [0.1, 0.15) is 20.8 Å². The van der Waals surface area contributed by atoms with E-state index < -0.39 is 0 Å². The van der Waals surface area contributed by atoms with Crippen molar-refractivity contribution in [2.45, 2.75) is 13.5 Å². The van der Waals surface area contributed by atoms with Crippen LogP contribution in [0.2, 0.25) is 0 Å². The van der Waals surface area contributed by atoms with E-state index in [9.17, 15) is 9.59 Å². The topological polar surface area (TPSA) is 99.7 Å². The number of amides is 3. The highest BCUT2D eigenvalue weighted by Crippen LogP contribution is 2.45. The van der Waals surface area contributed by atoms with Crippen LogP contribution in [-0.2, 0) is 11.3 Å². The molecule has 1 fully saturated rings. The van der Waals surface area contributed by atoms with E-state index in [4.69, 9.17) is 4.74 Å². The van der Waals surface area contributed by atoms with Crippen LogP contribution in [0, 0.1) is 6.92 Å². The van der Waals surface area contributed by atoms with Crippen molar-refractivity contribution in [2.75, 3.05) is 41.8 Å². The minimum atomic E-state index is -0.384.